The summed E-state index contributed by atoms with van der Waals surface area (Å²) in [6, 6.07) is 7.85. The van der Waals surface area contributed by atoms with Gasteiger partial charge in [0.15, 0.2) is 0 Å². The van der Waals surface area contributed by atoms with E-state index in [9.17, 15) is 4.79 Å². The number of esters is 1. The lowest BCUT2D eigenvalue weighted by Gasteiger charge is -2.26. The van der Waals surface area contributed by atoms with E-state index in [2.05, 4.69) is 26.1 Å². The van der Waals surface area contributed by atoms with Crippen LogP contribution in [-0.2, 0) is 16.1 Å². The lowest BCUT2D eigenvalue weighted by atomic mass is 9.87. The molecule has 1 rings (SSSR count). The van der Waals surface area contributed by atoms with Gasteiger partial charge in [0.05, 0.1) is 13.0 Å². The van der Waals surface area contributed by atoms with Gasteiger partial charge in [0.25, 0.3) is 0 Å². The van der Waals surface area contributed by atoms with Crippen molar-refractivity contribution in [2.45, 2.75) is 53.1 Å². The molecule has 0 aliphatic heterocycles. The van der Waals surface area contributed by atoms with Crippen molar-refractivity contribution in [1.29, 1.82) is 0 Å². The maximum Gasteiger partial charge on any atom is 0.307 e. The third kappa shape index (κ3) is 8.08. The Balaban J connectivity index is 2.59. The summed E-state index contributed by atoms with van der Waals surface area (Å²) in [6.07, 6.45) is 1.32. The third-order valence-electron chi connectivity index (χ3n) is 3.09. The van der Waals surface area contributed by atoms with E-state index in [1.807, 2.05) is 31.2 Å². The highest BCUT2D eigenvalue weighted by Crippen LogP contribution is 2.22. The van der Waals surface area contributed by atoms with Gasteiger partial charge in [-0.25, -0.2) is 0 Å². The van der Waals surface area contributed by atoms with Gasteiger partial charge in [-0.1, -0.05) is 44.5 Å². The molecule has 1 N–H and O–H groups in total. The van der Waals surface area contributed by atoms with E-state index in [-0.39, 0.29) is 17.4 Å². The number of halogens is 1. The zero-order chi connectivity index (χ0) is 15.9. The van der Waals surface area contributed by atoms with Crippen molar-refractivity contribution in [3.63, 3.8) is 0 Å². The van der Waals surface area contributed by atoms with E-state index in [4.69, 9.17) is 16.3 Å². The van der Waals surface area contributed by atoms with Gasteiger partial charge in [-0.3, -0.25) is 4.79 Å². The summed E-state index contributed by atoms with van der Waals surface area (Å²) in [5.74, 6) is -0.143. The van der Waals surface area contributed by atoms with Gasteiger partial charge in [0.1, 0.15) is 0 Å². The van der Waals surface area contributed by atoms with Gasteiger partial charge in [-0.15, -0.1) is 0 Å². The molecular weight excluding hydrogens is 286 g/mol. The number of carbonyl (C=O) groups excluding carboxylic acids is 1. The van der Waals surface area contributed by atoms with Crippen molar-refractivity contribution in [1.82, 2.24) is 5.32 Å². The quantitative estimate of drug-likeness (QED) is 0.767. The Labute approximate surface area is 133 Å². The van der Waals surface area contributed by atoms with Crippen LogP contribution in [0.2, 0.25) is 5.02 Å². The molecule has 21 heavy (non-hydrogen) atoms. The van der Waals surface area contributed by atoms with Crippen LogP contribution in [-0.4, -0.2) is 18.6 Å². The number of ether oxygens (including phenoxy) is 1. The maximum atomic E-state index is 11.7. The van der Waals surface area contributed by atoms with Crippen LogP contribution in [0.3, 0.4) is 0 Å². The van der Waals surface area contributed by atoms with E-state index in [0.29, 0.717) is 13.0 Å². The van der Waals surface area contributed by atoms with Crippen LogP contribution in [0, 0.1) is 5.41 Å². The molecule has 0 fully saturated rings. The van der Waals surface area contributed by atoms with Gasteiger partial charge in [-0.2, -0.15) is 0 Å². The van der Waals surface area contributed by atoms with Crippen molar-refractivity contribution in [2.24, 2.45) is 5.41 Å². The van der Waals surface area contributed by atoms with E-state index >= 15 is 0 Å². The lowest BCUT2D eigenvalue weighted by Crippen LogP contribution is -2.35. The van der Waals surface area contributed by atoms with Gasteiger partial charge >= 0.3 is 5.97 Å². The van der Waals surface area contributed by atoms with Crippen molar-refractivity contribution in [3.05, 3.63) is 34.9 Å². The van der Waals surface area contributed by atoms with Crippen LogP contribution < -0.4 is 5.32 Å². The second-order valence-electron chi connectivity index (χ2n) is 6.48. The molecule has 0 radical (unpaired) electrons. The number of nitrogens with one attached hydrogen (secondary N) is 1. The smallest absolute Gasteiger partial charge is 0.307 e. The highest BCUT2D eigenvalue weighted by Gasteiger charge is 2.21. The van der Waals surface area contributed by atoms with Crippen LogP contribution in [0.4, 0.5) is 0 Å². The first-order chi connectivity index (χ1) is 9.80. The second kappa shape index (κ2) is 8.40. The zero-order valence-corrected chi connectivity index (χ0v) is 14.2. The van der Waals surface area contributed by atoms with Crippen molar-refractivity contribution < 1.29 is 9.53 Å². The average Bonchev–Trinajstić information content (AvgIpc) is 2.36. The SMILES string of the molecule is CCOC(=O)CC(CC(C)(C)C)NCc1ccc(Cl)cc1. The molecule has 0 saturated carbocycles. The molecule has 3 nitrogen and oxygen atoms in total. The molecule has 0 spiro atoms. The predicted octanol–water partition coefficient (Wildman–Crippen LogP) is 4.19. The van der Waals surface area contributed by atoms with Gasteiger partial charge in [0, 0.05) is 17.6 Å². The summed E-state index contributed by atoms with van der Waals surface area (Å²) in [5.41, 5.74) is 1.31. The fraction of sp³-hybridized carbons (Fsp3) is 0.588. The first-order valence-electron chi connectivity index (χ1n) is 7.43. The molecule has 1 aromatic carbocycles. The molecule has 0 amide bonds. The molecule has 1 atom stereocenters. The van der Waals surface area contributed by atoms with Crippen molar-refractivity contribution >= 4 is 17.6 Å². The van der Waals surface area contributed by atoms with Crippen LogP contribution in [0.15, 0.2) is 24.3 Å². The molecule has 1 unspecified atom stereocenters. The minimum atomic E-state index is -0.143. The molecule has 0 bridgehead atoms. The van der Waals surface area contributed by atoms with Crippen LogP contribution in [0.5, 0.6) is 0 Å². The number of benzene rings is 1. The highest BCUT2D eigenvalue weighted by atomic mass is 35.5. The highest BCUT2D eigenvalue weighted by molar-refractivity contribution is 6.30. The molecular formula is C17H26ClNO2. The Bertz CT molecular complexity index is 437. The lowest BCUT2D eigenvalue weighted by molar-refractivity contribution is -0.143. The van der Waals surface area contributed by atoms with Gasteiger partial charge < -0.3 is 10.1 Å². The Morgan fingerprint density at radius 3 is 2.43 bits per heavy atom. The van der Waals surface area contributed by atoms with E-state index in [1.165, 1.54) is 0 Å². The van der Waals surface area contributed by atoms with E-state index in [0.717, 1.165) is 23.6 Å². The Morgan fingerprint density at radius 2 is 1.90 bits per heavy atom. The largest absolute Gasteiger partial charge is 0.466 e. The maximum absolute atomic E-state index is 11.7. The molecule has 4 heteroatoms. The number of carbonyl (C=O) groups is 1. The van der Waals surface area contributed by atoms with Crippen molar-refractivity contribution in [3.8, 4) is 0 Å². The first-order valence-corrected chi connectivity index (χ1v) is 7.81. The summed E-state index contributed by atoms with van der Waals surface area (Å²) in [5, 5.41) is 4.19. The number of rotatable bonds is 7. The number of hydrogen-bond donors (Lipinski definition) is 1. The molecule has 0 aliphatic rings. The fourth-order valence-electron chi connectivity index (χ4n) is 2.24. The molecule has 0 aromatic heterocycles. The summed E-state index contributed by atoms with van der Waals surface area (Å²) >= 11 is 5.88. The first kappa shape index (κ1) is 18.0. The molecule has 1 aromatic rings. The second-order valence-corrected chi connectivity index (χ2v) is 6.91. The van der Waals surface area contributed by atoms with Crippen LogP contribution in [0.1, 0.15) is 46.1 Å². The molecule has 0 saturated heterocycles. The van der Waals surface area contributed by atoms with E-state index in [1.54, 1.807) is 0 Å². The minimum Gasteiger partial charge on any atom is -0.466 e. The van der Waals surface area contributed by atoms with Gasteiger partial charge in [0.2, 0.25) is 0 Å². The van der Waals surface area contributed by atoms with Gasteiger partial charge in [-0.05, 0) is 36.5 Å². The zero-order valence-electron chi connectivity index (χ0n) is 13.4. The topological polar surface area (TPSA) is 38.3 Å². The Hall–Kier alpha value is -1.06. The predicted molar refractivity (Wildman–Crippen MR) is 87.4 cm³/mol. The van der Waals surface area contributed by atoms with Crippen molar-refractivity contribution in [2.75, 3.05) is 6.61 Å². The van der Waals surface area contributed by atoms with E-state index < -0.39 is 0 Å². The monoisotopic (exact) mass is 311 g/mol. The Morgan fingerprint density at radius 1 is 1.29 bits per heavy atom. The third-order valence-corrected chi connectivity index (χ3v) is 3.34. The summed E-state index contributed by atoms with van der Waals surface area (Å²) < 4.78 is 5.06. The fourth-order valence-corrected chi connectivity index (χ4v) is 2.37. The van der Waals surface area contributed by atoms with Crippen LogP contribution in [0.25, 0.3) is 0 Å². The standard InChI is InChI=1S/C17H26ClNO2/c1-5-21-16(20)10-15(11-17(2,3)4)19-12-13-6-8-14(18)9-7-13/h6-9,15,19H,5,10-12H2,1-4H3. The average molecular weight is 312 g/mol. The molecule has 0 heterocycles. The Kier molecular flexibility index (Phi) is 7.20. The normalized spacial score (nSPS) is 13.0. The summed E-state index contributed by atoms with van der Waals surface area (Å²) in [7, 11) is 0. The summed E-state index contributed by atoms with van der Waals surface area (Å²) in [4.78, 5) is 11.7. The summed E-state index contributed by atoms with van der Waals surface area (Å²) in [6.45, 7) is 9.51. The molecule has 118 valence electrons. The minimum absolute atomic E-state index is 0.111. The molecule has 0 aliphatic carbocycles. The van der Waals surface area contributed by atoms with Crippen LogP contribution >= 0.6 is 11.6 Å². The number of hydrogen-bond acceptors (Lipinski definition) is 3.